The van der Waals surface area contributed by atoms with Crippen LogP contribution in [0.15, 0.2) is 65.1 Å². The SMILES string of the molecule is C=C1C(C(C)=O)=C(O)C[C@@]2(C)C[C@@]3(C)Cc4c(-c5cc(CCCC(C)C)ccc5OC)ccc(C)c4C(=O)C3=C(O)[C@@]12O. The van der Waals surface area contributed by atoms with Crippen LogP contribution in [0.25, 0.3) is 11.1 Å². The van der Waals surface area contributed by atoms with Crippen LogP contribution in [0.2, 0.25) is 0 Å². The summed E-state index contributed by atoms with van der Waals surface area (Å²) in [4.78, 5) is 26.9. The fourth-order valence-electron chi connectivity index (χ4n) is 8.16. The Bertz CT molecular complexity index is 1620. The third-order valence-electron chi connectivity index (χ3n) is 10.1. The first kappa shape index (κ1) is 30.8. The Morgan fingerprint density at radius 1 is 1.09 bits per heavy atom. The molecule has 5 rings (SSSR count). The summed E-state index contributed by atoms with van der Waals surface area (Å²) in [6.07, 6.45) is 3.86. The van der Waals surface area contributed by atoms with Gasteiger partial charge in [-0.15, -0.1) is 0 Å². The summed E-state index contributed by atoms with van der Waals surface area (Å²) < 4.78 is 5.81. The number of rotatable bonds is 7. The standard InChI is InChI=1S/C37H44O6/c1-20(2)10-9-11-24-13-15-29(43-8)26(16-24)25-14-12-21(3)30-27(25)17-35(6)19-36(7)18-28(39)31(23(5)38)22(4)37(36,42)34(41)32(35)33(30)40/h12-16,20,39,41-42H,4,9-11,17-19H2,1-3,5-8H3/t35-,36+,37+/m1/s1. The topological polar surface area (TPSA) is 104 Å². The second kappa shape index (κ2) is 10.5. The van der Waals surface area contributed by atoms with Crippen molar-refractivity contribution in [2.75, 3.05) is 7.11 Å². The van der Waals surface area contributed by atoms with Crippen molar-refractivity contribution in [2.24, 2.45) is 16.7 Å². The predicted octanol–water partition coefficient (Wildman–Crippen LogP) is 7.71. The van der Waals surface area contributed by atoms with Crippen molar-refractivity contribution >= 4 is 11.6 Å². The maximum Gasteiger partial charge on any atom is 0.193 e. The van der Waals surface area contributed by atoms with Crippen LogP contribution >= 0.6 is 0 Å². The molecule has 2 aromatic carbocycles. The maximum atomic E-state index is 14.5. The highest BCUT2D eigenvalue weighted by Gasteiger charge is 2.65. The average molecular weight is 585 g/mol. The second-order valence-corrected chi connectivity index (χ2v) is 13.9. The Balaban J connectivity index is 1.69. The summed E-state index contributed by atoms with van der Waals surface area (Å²) in [5.41, 5.74) is 1.19. The number of Topliss-reactive ketones (excluding diaryl/α,β-unsaturated/α-hetero) is 2. The number of benzene rings is 2. The molecule has 0 bridgehead atoms. The quantitative estimate of drug-likeness (QED) is 0.308. The lowest BCUT2D eigenvalue weighted by molar-refractivity contribution is -0.116. The predicted molar refractivity (Wildman–Crippen MR) is 169 cm³/mol. The van der Waals surface area contributed by atoms with Crippen molar-refractivity contribution in [2.45, 2.75) is 85.7 Å². The van der Waals surface area contributed by atoms with E-state index in [1.807, 2.05) is 32.0 Å². The number of aliphatic hydroxyl groups excluding tert-OH is 2. The molecule has 43 heavy (non-hydrogen) atoms. The Hall–Kier alpha value is -3.64. The average Bonchev–Trinajstić information content (AvgIpc) is 2.90. The molecule has 0 fully saturated rings. The monoisotopic (exact) mass is 584 g/mol. The highest BCUT2D eigenvalue weighted by Crippen LogP contribution is 2.64. The van der Waals surface area contributed by atoms with Gasteiger partial charge in [0.05, 0.1) is 12.7 Å². The van der Waals surface area contributed by atoms with Crippen LogP contribution in [0.4, 0.5) is 0 Å². The van der Waals surface area contributed by atoms with Crippen molar-refractivity contribution in [1.29, 1.82) is 0 Å². The number of ketones is 2. The summed E-state index contributed by atoms with van der Waals surface area (Å²) >= 11 is 0. The van der Waals surface area contributed by atoms with Gasteiger partial charge in [0.1, 0.15) is 17.3 Å². The number of aliphatic hydroxyl groups is 3. The fraction of sp³-hybridized carbons (Fsp3) is 0.459. The van der Waals surface area contributed by atoms with Crippen LogP contribution in [0.3, 0.4) is 0 Å². The van der Waals surface area contributed by atoms with E-state index in [9.17, 15) is 24.9 Å². The lowest BCUT2D eigenvalue weighted by Crippen LogP contribution is -2.60. The highest BCUT2D eigenvalue weighted by molar-refractivity contribution is 6.14. The van der Waals surface area contributed by atoms with Crippen molar-refractivity contribution in [1.82, 2.24) is 0 Å². The second-order valence-electron chi connectivity index (χ2n) is 13.9. The molecule has 0 radical (unpaired) electrons. The third-order valence-corrected chi connectivity index (χ3v) is 10.1. The van der Waals surface area contributed by atoms with E-state index in [0.717, 1.165) is 47.3 Å². The molecule has 3 atom stereocenters. The van der Waals surface area contributed by atoms with E-state index in [4.69, 9.17) is 4.74 Å². The number of ether oxygens (including phenoxy) is 1. The third kappa shape index (κ3) is 4.57. The first-order valence-corrected chi connectivity index (χ1v) is 15.2. The van der Waals surface area contributed by atoms with Gasteiger partial charge in [0.15, 0.2) is 17.2 Å². The summed E-state index contributed by atoms with van der Waals surface area (Å²) in [5.74, 6) is -0.0481. The Morgan fingerprint density at radius 2 is 1.79 bits per heavy atom. The molecule has 0 aliphatic heterocycles. The Kier molecular flexibility index (Phi) is 7.53. The zero-order chi connectivity index (χ0) is 31.6. The van der Waals surface area contributed by atoms with E-state index in [0.29, 0.717) is 17.9 Å². The fourth-order valence-corrected chi connectivity index (χ4v) is 8.16. The molecule has 0 saturated heterocycles. The highest BCUT2D eigenvalue weighted by atomic mass is 16.5. The van der Waals surface area contributed by atoms with E-state index in [-0.39, 0.29) is 41.1 Å². The smallest absolute Gasteiger partial charge is 0.193 e. The summed E-state index contributed by atoms with van der Waals surface area (Å²) in [6, 6.07) is 10.2. The van der Waals surface area contributed by atoms with Crippen LogP contribution < -0.4 is 4.74 Å². The summed E-state index contributed by atoms with van der Waals surface area (Å²) in [6.45, 7) is 15.3. The number of carbonyl (C=O) groups excluding carboxylic acids is 2. The van der Waals surface area contributed by atoms with Gasteiger partial charge in [0.25, 0.3) is 0 Å². The molecule has 0 spiro atoms. The van der Waals surface area contributed by atoms with Crippen LogP contribution in [-0.2, 0) is 17.6 Å². The van der Waals surface area contributed by atoms with Crippen LogP contribution in [0.1, 0.15) is 87.4 Å². The maximum absolute atomic E-state index is 14.5. The molecule has 3 N–H and O–H groups in total. The molecule has 6 nitrogen and oxygen atoms in total. The van der Waals surface area contributed by atoms with Crippen LogP contribution in [-0.4, -0.2) is 39.6 Å². The van der Waals surface area contributed by atoms with E-state index < -0.39 is 28.0 Å². The minimum Gasteiger partial charge on any atom is -0.512 e. The lowest BCUT2D eigenvalue weighted by atomic mass is 9.47. The van der Waals surface area contributed by atoms with Gasteiger partial charge in [-0.1, -0.05) is 58.9 Å². The number of hydrogen-bond acceptors (Lipinski definition) is 6. The number of aryl methyl sites for hydroxylation is 2. The summed E-state index contributed by atoms with van der Waals surface area (Å²) in [5, 5.41) is 35.0. The molecule has 0 saturated carbocycles. The molecular formula is C37H44O6. The number of methoxy groups -OCH3 is 1. The Labute approximate surface area is 254 Å². The Morgan fingerprint density at radius 3 is 2.42 bits per heavy atom. The van der Waals surface area contributed by atoms with Crippen molar-refractivity contribution in [3.05, 3.63) is 87.4 Å². The lowest BCUT2D eigenvalue weighted by Gasteiger charge is -2.57. The van der Waals surface area contributed by atoms with E-state index in [1.54, 1.807) is 14.0 Å². The van der Waals surface area contributed by atoms with Crippen molar-refractivity contribution in [3.8, 4) is 16.9 Å². The van der Waals surface area contributed by atoms with Gasteiger partial charge >= 0.3 is 0 Å². The molecule has 6 heteroatoms. The van der Waals surface area contributed by atoms with Gasteiger partial charge in [-0.3, -0.25) is 9.59 Å². The first-order valence-electron chi connectivity index (χ1n) is 15.2. The van der Waals surface area contributed by atoms with Gasteiger partial charge in [-0.2, -0.15) is 0 Å². The number of allylic oxidation sites excluding steroid dienone is 2. The van der Waals surface area contributed by atoms with Crippen LogP contribution in [0, 0.1) is 23.7 Å². The molecule has 228 valence electrons. The number of carbonyl (C=O) groups is 2. The molecule has 3 aliphatic rings. The minimum atomic E-state index is -2.07. The molecule has 0 aromatic heterocycles. The van der Waals surface area contributed by atoms with Crippen molar-refractivity contribution < 1.29 is 29.6 Å². The largest absolute Gasteiger partial charge is 0.512 e. The summed E-state index contributed by atoms with van der Waals surface area (Å²) in [7, 11) is 1.65. The number of fused-ring (bicyclic) bond motifs is 3. The van der Waals surface area contributed by atoms with Gasteiger partial charge in [0.2, 0.25) is 0 Å². The normalized spacial score (nSPS) is 26.8. The van der Waals surface area contributed by atoms with Crippen LogP contribution in [0.5, 0.6) is 5.75 Å². The van der Waals surface area contributed by atoms with Gasteiger partial charge in [-0.25, -0.2) is 0 Å². The van der Waals surface area contributed by atoms with Gasteiger partial charge in [-0.05, 0) is 85.4 Å². The number of hydrogen-bond donors (Lipinski definition) is 3. The molecule has 0 amide bonds. The zero-order valence-electron chi connectivity index (χ0n) is 26.5. The molecular weight excluding hydrogens is 540 g/mol. The molecule has 0 unspecified atom stereocenters. The van der Waals surface area contributed by atoms with Crippen molar-refractivity contribution in [3.63, 3.8) is 0 Å². The molecule has 0 heterocycles. The van der Waals surface area contributed by atoms with E-state index in [2.05, 4.69) is 32.6 Å². The van der Waals surface area contributed by atoms with Gasteiger partial charge < -0.3 is 20.1 Å². The van der Waals surface area contributed by atoms with E-state index in [1.165, 1.54) is 12.5 Å². The first-order chi connectivity index (χ1) is 20.1. The zero-order valence-corrected chi connectivity index (χ0v) is 26.5. The molecule has 2 aromatic rings. The molecule has 3 aliphatic carbocycles. The minimum absolute atomic E-state index is 0.0294. The van der Waals surface area contributed by atoms with Gasteiger partial charge in [0, 0.05) is 34.0 Å². The van der Waals surface area contributed by atoms with E-state index >= 15 is 0 Å².